The second-order valence-electron chi connectivity index (χ2n) is 6.93. The Morgan fingerprint density at radius 3 is 2.31 bits per heavy atom. The second-order valence-corrected chi connectivity index (χ2v) is 8.94. The highest BCUT2D eigenvalue weighted by Gasteiger charge is 2.38. The van der Waals surface area contributed by atoms with Crippen molar-refractivity contribution in [2.45, 2.75) is 17.6 Å². The number of alkyl halides is 3. The number of sulfonamides is 1. The molecule has 2 rings (SSSR count). The summed E-state index contributed by atoms with van der Waals surface area (Å²) in [6.45, 7) is -0.447. The van der Waals surface area contributed by atoms with Gasteiger partial charge in [-0.3, -0.25) is 4.79 Å². The van der Waals surface area contributed by atoms with Gasteiger partial charge in [0.1, 0.15) is 6.61 Å². The number of rotatable bonds is 9. The van der Waals surface area contributed by atoms with Crippen LogP contribution in [0, 0.1) is 11.3 Å². The maximum absolute atomic E-state index is 13.1. The van der Waals surface area contributed by atoms with Crippen molar-refractivity contribution in [1.29, 1.82) is 5.26 Å². The molecule has 0 aliphatic carbocycles. The third kappa shape index (κ3) is 6.53. The van der Waals surface area contributed by atoms with E-state index in [-0.39, 0.29) is 32.2 Å². The molecule has 0 N–H and O–H groups in total. The molecule has 0 bridgehead atoms. The van der Waals surface area contributed by atoms with Crippen molar-refractivity contribution in [2.24, 2.45) is 0 Å². The Bertz CT molecular complexity index is 1080. The third-order valence-electron chi connectivity index (χ3n) is 4.59. The van der Waals surface area contributed by atoms with Crippen LogP contribution in [-0.2, 0) is 32.3 Å². The Hall–Kier alpha value is -2.94. The van der Waals surface area contributed by atoms with Crippen molar-refractivity contribution in [3.05, 3.63) is 65.2 Å². The van der Waals surface area contributed by atoms with Gasteiger partial charge in [0, 0.05) is 27.2 Å². The molecule has 1 amide bonds. The Morgan fingerprint density at radius 1 is 1.09 bits per heavy atom. The standard InChI is InChI=1S/C21H22F3N3O4S/c1-26(14-17-9-7-16(13-25)8-10-17)20(28)15-31-12-11-27(2)32(29,30)19-6-4-3-5-18(19)21(22,23)24/h3-10H,11-12,14-15H2,1-2H3. The molecule has 2 aromatic carbocycles. The molecule has 0 aliphatic heterocycles. The monoisotopic (exact) mass is 469 g/mol. The summed E-state index contributed by atoms with van der Waals surface area (Å²) < 4.78 is 70.5. The van der Waals surface area contributed by atoms with Gasteiger partial charge in [-0.05, 0) is 29.8 Å². The molecule has 0 radical (unpaired) electrons. The lowest BCUT2D eigenvalue weighted by Gasteiger charge is -2.21. The van der Waals surface area contributed by atoms with Gasteiger partial charge in [-0.15, -0.1) is 0 Å². The molecule has 2 aromatic rings. The average Bonchev–Trinajstić information content (AvgIpc) is 2.76. The van der Waals surface area contributed by atoms with Crippen LogP contribution in [0.2, 0.25) is 0 Å². The van der Waals surface area contributed by atoms with Gasteiger partial charge in [-0.2, -0.15) is 22.7 Å². The van der Waals surface area contributed by atoms with Gasteiger partial charge in [0.15, 0.2) is 0 Å². The molecular weight excluding hydrogens is 447 g/mol. The number of halogens is 3. The Labute approximate surface area is 184 Å². The minimum absolute atomic E-state index is 0.180. The van der Waals surface area contributed by atoms with Crippen LogP contribution in [0.3, 0.4) is 0 Å². The average molecular weight is 469 g/mol. The maximum atomic E-state index is 13.1. The molecule has 0 unspecified atom stereocenters. The normalized spacial score (nSPS) is 11.9. The second kappa shape index (κ2) is 10.6. The van der Waals surface area contributed by atoms with E-state index in [0.29, 0.717) is 11.6 Å². The topological polar surface area (TPSA) is 90.7 Å². The number of nitrogens with zero attached hydrogens (tertiary/aromatic N) is 3. The van der Waals surface area contributed by atoms with E-state index in [1.54, 1.807) is 31.3 Å². The molecule has 32 heavy (non-hydrogen) atoms. The van der Waals surface area contributed by atoms with E-state index in [1.807, 2.05) is 6.07 Å². The van der Waals surface area contributed by atoms with Gasteiger partial charge in [0.05, 0.1) is 28.7 Å². The Kier molecular flexibility index (Phi) is 8.38. The lowest BCUT2D eigenvalue weighted by molar-refractivity contribution is -0.140. The zero-order valence-corrected chi connectivity index (χ0v) is 18.3. The number of carbonyl (C=O) groups is 1. The molecule has 0 atom stereocenters. The molecule has 0 spiro atoms. The molecule has 0 aliphatic rings. The number of likely N-dealkylation sites (N-methyl/N-ethyl adjacent to an activating group) is 2. The molecule has 0 saturated carbocycles. The van der Waals surface area contributed by atoms with Crippen LogP contribution in [0.25, 0.3) is 0 Å². The number of hydrogen-bond donors (Lipinski definition) is 0. The smallest absolute Gasteiger partial charge is 0.370 e. The highest BCUT2D eigenvalue weighted by molar-refractivity contribution is 7.89. The fourth-order valence-electron chi connectivity index (χ4n) is 2.72. The zero-order valence-electron chi connectivity index (χ0n) is 17.5. The fourth-order valence-corrected chi connectivity index (χ4v) is 4.09. The summed E-state index contributed by atoms with van der Waals surface area (Å²) in [5.41, 5.74) is 0.0735. The summed E-state index contributed by atoms with van der Waals surface area (Å²) >= 11 is 0. The SMILES string of the molecule is CN(Cc1ccc(C#N)cc1)C(=O)COCCN(C)S(=O)(=O)c1ccccc1C(F)(F)F. The minimum atomic E-state index is -4.81. The first kappa shape index (κ1) is 25.3. The van der Waals surface area contributed by atoms with Gasteiger partial charge in [0.25, 0.3) is 0 Å². The maximum Gasteiger partial charge on any atom is 0.417 e. The quantitative estimate of drug-likeness (QED) is 0.527. The summed E-state index contributed by atoms with van der Waals surface area (Å²) in [7, 11) is -1.69. The van der Waals surface area contributed by atoms with E-state index in [2.05, 4.69) is 0 Å². The van der Waals surface area contributed by atoms with Crippen LogP contribution in [-0.4, -0.2) is 57.4 Å². The molecule has 7 nitrogen and oxygen atoms in total. The molecular formula is C21H22F3N3O4S. The summed E-state index contributed by atoms with van der Waals surface area (Å²) in [5.74, 6) is -0.359. The predicted molar refractivity (Wildman–Crippen MR) is 110 cm³/mol. The van der Waals surface area contributed by atoms with Gasteiger partial charge >= 0.3 is 6.18 Å². The highest BCUT2D eigenvalue weighted by Crippen LogP contribution is 2.34. The summed E-state index contributed by atoms with van der Waals surface area (Å²) in [4.78, 5) is 12.7. The van der Waals surface area contributed by atoms with Gasteiger partial charge in [-0.1, -0.05) is 24.3 Å². The summed E-state index contributed by atoms with van der Waals surface area (Å²) in [6, 6.07) is 12.7. The Morgan fingerprint density at radius 2 is 1.72 bits per heavy atom. The largest absolute Gasteiger partial charge is 0.417 e. The van der Waals surface area contributed by atoms with Crippen molar-refractivity contribution in [2.75, 3.05) is 33.9 Å². The number of benzene rings is 2. The van der Waals surface area contributed by atoms with E-state index in [1.165, 1.54) is 11.0 Å². The number of carbonyl (C=O) groups excluding carboxylic acids is 1. The van der Waals surface area contributed by atoms with E-state index in [0.717, 1.165) is 29.0 Å². The first-order valence-electron chi connectivity index (χ1n) is 9.40. The zero-order chi connectivity index (χ0) is 23.9. The van der Waals surface area contributed by atoms with Crippen molar-refractivity contribution in [3.63, 3.8) is 0 Å². The van der Waals surface area contributed by atoms with Crippen LogP contribution >= 0.6 is 0 Å². The van der Waals surface area contributed by atoms with E-state index in [9.17, 15) is 26.4 Å². The molecule has 172 valence electrons. The molecule has 0 fully saturated rings. The first-order valence-corrected chi connectivity index (χ1v) is 10.8. The highest BCUT2D eigenvalue weighted by atomic mass is 32.2. The van der Waals surface area contributed by atoms with Crippen molar-refractivity contribution in [1.82, 2.24) is 9.21 Å². The van der Waals surface area contributed by atoms with Crippen molar-refractivity contribution >= 4 is 15.9 Å². The van der Waals surface area contributed by atoms with Crippen molar-refractivity contribution in [3.8, 4) is 6.07 Å². The van der Waals surface area contributed by atoms with Crippen LogP contribution in [0.4, 0.5) is 13.2 Å². The summed E-state index contributed by atoms with van der Waals surface area (Å²) in [5, 5.41) is 8.80. The number of hydrogen-bond acceptors (Lipinski definition) is 5. The van der Waals surface area contributed by atoms with Crippen LogP contribution in [0.1, 0.15) is 16.7 Å². The molecule has 0 aromatic heterocycles. The first-order chi connectivity index (χ1) is 15.0. The molecule has 0 heterocycles. The van der Waals surface area contributed by atoms with E-state index in [4.69, 9.17) is 10.00 Å². The fraction of sp³-hybridized carbons (Fsp3) is 0.333. The predicted octanol–water partition coefficient (Wildman–Crippen LogP) is 2.87. The Balaban J connectivity index is 1.88. The van der Waals surface area contributed by atoms with Crippen molar-refractivity contribution < 1.29 is 31.1 Å². The van der Waals surface area contributed by atoms with E-state index >= 15 is 0 Å². The van der Waals surface area contributed by atoms with Gasteiger partial charge in [-0.25, -0.2) is 8.42 Å². The van der Waals surface area contributed by atoms with E-state index < -0.39 is 26.7 Å². The molecule has 11 heteroatoms. The number of amides is 1. The molecule has 0 saturated heterocycles. The third-order valence-corrected chi connectivity index (χ3v) is 6.50. The number of ether oxygens (including phenoxy) is 1. The number of nitriles is 1. The van der Waals surface area contributed by atoms with Crippen LogP contribution < -0.4 is 0 Å². The summed E-state index contributed by atoms with van der Waals surface area (Å²) in [6.07, 6.45) is -4.81. The lowest BCUT2D eigenvalue weighted by Crippen LogP contribution is -2.34. The van der Waals surface area contributed by atoms with Crippen LogP contribution in [0.15, 0.2) is 53.4 Å². The van der Waals surface area contributed by atoms with Gasteiger partial charge in [0.2, 0.25) is 15.9 Å². The minimum Gasteiger partial charge on any atom is -0.370 e. The van der Waals surface area contributed by atoms with Crippen LogP contribution in [0.5, 0.6) is 0 Å². The lowest BCUT2D eigenvalue weighted by atomic mass is 10.1. The van der Waals surface area contributed by atoms with Gasteiger partial charge < -0.3 is 9.64 Å².